The van der Waals surface area contributed by atoms with Crippen molar-refractivity contribution in [3.05, 3.63) is 71.3 Å². The second-order valence-electron chi connectivity index (χ2n) is 4.04. The van der Waals surface area contributed by atoms with E-state index in [0.29, 0.717) is 17.5 Å². The van der Waals surface area contributed by atoms with E-state index < -0.39 is 6.04 Å². The highest BCUT2D eigenvalue weighted by Gasteiger charge is 2.16. The van der Waals surface area contributed by atoms with E-state index in [1.165, 1.54) is 12.1 Å². The summed E-state index contributed by atoms with van der Waals surface area (Å²) < 4.78 is 27.2. The van der Waals surface area contributed by atoms with E-state index in [1.54, 1.807) is 36.4 Å². The van der Waals surface area contributed by atoms with Gasteiger partial charge in [-0.2, -0.15) is 0 Å². The normalized spacial score (nSPS) is 12.4. The standard InChI is InChI=1S/C14H14F2N2/c15-12-7-3-1-5-10(12)9-14(18-17)11-6-2-4-8-13(11)16/h1-8,14,18H,9,17H2. The maximum atomic E-state index is 13.6. The van der Waals surface area contributed by atoms with Gasteiger partial charge in [0.25, 0.3) is 0 Å². The predicted molar refractivity (Wildman–Crippen MR) is 66.6 cm³/mol. The molecule has 0 aliphatic rings. The summed E-state index contributed by atoms with van der Waals surface area (Å²) in [6.07, 6.45) is 0.296. The van der Waals surface area contributed by atoms with Gasteiger partial charge in [-0.15, -0.1) is 0 Å². The maximum Gasteiger partial charge on any atom is 0.128 e. The third kappa shape index (κ3) is 2.72. The van der Waals surface area contributed by atoms with Crippen LogP contribution >= 0.6 is 0 Å². The Morgan fingerprint density at radius 1 is 0.944 bits per heavy atom. The quantitative estimate of drug-likeness (QED) is 0.645. The van der Waals surface area contributed by atoms with Crippen LogP contribution in [0.4, 0.5) is 8.78 Å². The molecule has 2 rings (SSSR count). The minimum atomic E-state index is -0.455. The summed E-state index contributed by atoms with van der Waals surface area (Å²) in [7, 11) is 0. The van der Waals surface area contributed by atoms with Gasteiger partial charge in [0.2, 0.25) is 0 Å². The number of halogens is 2. The molecule has 0 radical (unpaired) electrons. The molecule has 0 aliphatic heterocycles. The fraction of sp³-hybridized carbons (Fsp3) is 0.143. The van der Waals surface area contributed by atoms with Crippen molar-refractivity contribution in [2.75, 3.05) is 0 Å². The predicted octanol–water partition coefficient (Wildman–Crippen LogP) is 2.71. The summed E-state index contributed by atoms with van der Waals surface area (Å²) in [6, 6.07) is 12.3. The van der Waals surface area contributed by atoms with Crippen molar-refractivity contribution in [3.63, 3.8) is 0 Å². The molecule has 2 aromatic carbocycles. The SMILES string of the molecule is NNC(Cc1ccccc1F)c1ccccc1F. The summed E-state index contributed by atoms with van der Waals surface area (Å²) in [5.74, 6) is 4.77. The summed E-state index contributed by atoms with van der Waals surface area (Å²) in [6.45, 7) is 0. The number of hydrogen-bond acceptors (Lipinski definition) is 2. The van der Waals surface area contributed by atoms with Crippen LogP contribution in [0.25, 0.3) is 0 Å². The fourth-order valence-corrected chi connectivity index (χ4v) is 1.90. The number of rotatable bonds is 4. The molecule has 0 fully saturated rings. The maximum absolute atomic E-state index is 13.6. The number of hydrazine groups is 1. The van der Waals surface area contributed by atoms with E-state index in [0.717, 1.165) is 0 Å². The van der Waals surface area contributed by atoms with Gasteiger partial charge in [-0.1, -0.05) is 36.4 Å². The first-order valence-electron chi connectivity index (χ1n) is 5.66. The van der Waals surface area contributed by atoms with Crippen molar-refractivity contribution >= 4 is 0 Å². The molecule has 1 atom stereocenters. The van der Waals surface area contributed by atoms with E-state index >= 15 is 0 Å². The fourth-order valence-electron chi connectivity index (χ4n) is 1.90. The summed E-state index contributed by atoms with van der Waals surface area (Å²) in [5.41, 5.74) is 3.47. The number of nitrogens with one attached hydrogen (secondary N) is 1. The average molecular weight is 248 g/mol. The van der Waals surface area contributed by atoms with Gasteiger partial charge in [0, 0.05) is 5.56 Å². The van der Waals surface area contributed by atoms with E-state index in [1.807, 2.05) is 0 Å². The molecular formula is C14H14F2N2. The highest BCUT2D eigenvalue weighted by molar-refractivity contribution is 5.25. The van der Waals surface area contributed by atoms with Crippen molar-refractivity contribution in [2.24, 2.45) is 5.84 Å². The van der Waals surface area contributed by atoms with Crippen LogP contribution < -0.4 is 11.3 Å². The van der Waals surface area contributed by atoms with Gasteiger partial charge in [0.05, 0.1) is 6.04 Å². The molecule has 0 bridgehead atoms. The molecule has 0 amide bonds. The third-order valence-electron chi connectivity index (χ3n) is 2.86. The second kappa shape index (κ2) is 5.71. The van der Waals surface area contributed by atoms with E-state index in [2.05, 4.69) is 5.43 Å². The Bertz CT molecular complexity index is 529. The highest BCUT2D eigenvalue weighted by Crippen LogP contribution is 2.21. The molecule has 0 saturated heterocycles. The van der Waals surface area contributed by atoms with Crippen molar-refractivity contribution in [2.45, 2.75) is 12.5 Å². The molecule has 2 nitrogen and oxygen atoms in total. The number of benzene rings is 2. The Hall–Kier alpha value is -1.78. The van der Waals surface area contributed by atoms with Crippen LogP contribution in [0.1, 0.15) is 17.2 Å². The smallest absolute Gasteiger partial charge is 0.128 e. The first-order valence-corrected chi connectivity index (χ1v) is 5.66. The average Bonchev–Trinajstić information content (AvgIpc) is 2.39. The van der Waals surface area contributed by atoms with Crippen molar-refractivity contribution < 1.29 is 8.78 Å². The molecule has 3 N–H and O–H groups in total. The molecule has 2 aromatic rings. The Balaban J connectivity index is 2.26. The number of hydrogen-bond donors (Lipinski definition) is 2. The van der Waals surface area contributed by atoms with Crippen molar-refractivity contribution in [1.82, 2.24) is 5.43 Å². The Morgan fingerprint density at radius 2 is 1.56 bits per heavy atom. The van der Waals surface area contributed by atoms with E-state index in [9.17, 15) is 8.78 Å². The lowest BCUT2D eigenvalue weighted by Crippen LogP contribution is -2.30. The summed E-state index contributed by atoms with van der Waals surface area (Å²) in [5, 5.41) is 0. The highest BCUT2D eigenvalue weighted by atomic mass is 19.1. The van der Waals surface area contributed by atoms with Gasteiger partial charge in [0.1, 0.15) is 11.6 Å². The van der Waals surface area contributed by atoms with Gasteiger partial charge in [-0.05, 0) is 24.1 Å². The minimum absolute atomic E-state index is 0.296. The molecule has 0 aromatic heterocycles. The lowest BCUT2D eigenvalue weighted by Gasteiger charge is -2.17. The van der Waals surface area contributed by atoms with Crippen LogP contribution in [0.15, 0.2) is 48.5 Å². The Labute approximate surface area is 104 Å². The number of nitrogens with two attached hydrogens (primary N) is 1. The Kier molecular flexibility index (Phi) is 4.02. The zero-order valence-corrected chi connectivity index (χ0v) is 9.74. The van der Waals surface area contributed by atoms with E-state index in [-0.39, 0.29) is 11.6 Å². The minimum Gasteiger partial charge on any atom is -0.271 e. The molecule has 4 heteroatoms. The first-order chi connectivity index (χ1) is 8.72. The molecule has 94 valence electrons. The lowest BCUT2D eigenvalue weighted by atomic mass is 9.98. The molecular weight excluding hydrogens is 234 g/mol. The Morgan fingerprint density at radius 3 is 2.17 bits per heavy atom. The molecule has 0 saturated carbocycles. The van der Waals surface area contributed by atoms with Crippen molar-refractivity contribution in [3.8, 4) is 0 Å². The monoisotopic (exact) mass is 248 g/mol. The van der Waals surface area contributed by atoms with Gasteiger partial charge < -0.3 is 0 Å². The van der Waals surface area contributed by atoms with Crippen LogP contribution in [0.5, 0.6) is 0 Å². The molecule has 18 heavy (non-hydrogen) atoms. The van der Waals surface area contributed by atoms with Crippen LogP contribution in [-0.2, 0) is 6.42 Å². The second-order valence-corrected chi connectivity index (χ2v) is 4.04. The molecule has 1 unspecified atom stereocenters. The van der Waals surface area contributed by atoms with Crippen LogP contribution in [0.3, 0.4) is 0 Å². The van der Waals surface area contributed by atoms with Crippen LogP contribution in [0.2, 0.25) is 0 Å². The van der Waals surface area contributed by atoms with Gasteiger partial charge in [0.15, 0.2) is 0 Å². The lowest BCUT2D eigenvalue weighted by molar-refractivity contribution is 0.499. The van der Waals surface area contributed by atoms with Crippen LogP contribution in [-0.4, -0.2) is 0 Å². The largest absolute Gasteiger partial charge is 0.271 e. The molecule has 0 spiro atoms. The zero-order chi connectivity index (χ0) is 13.0. The third-order valence-corrected chi connectivity index (χ3v) is 2.86. The zero-order valence-electron chi connectivity index (χ0n) is 9.74. The molecule has 0 heterocycles. The summed E-state index contributed by atoms with van der Waals surface area (Å²) >= 11 is 0. The van der Waals surface area contributed by atoms with Gasteiger partial charge in [-0.3, -0.25) is 11.3 Å². The first kappa shape index (κ1) is 12.7. The van der Waals surface area contributed by atoms with Crippen molar-refractivity contribution in [1.29, 1.82) is 0 Å². The van der Waals surface area contributed by atoms with Gasteiger partial charge >= 0.3 is 0 Å². The molecule has 0 aliphatic carbocycles. The van der Waals surface area contributed by atoms with Gasteiger partial charge in [-0.25, -0.2) is 8.78 Å². The topological polar surface area (TPSA) is 38.0 Å². The van der Waals surface area contributed by atoms with E-state index in [4.69, 9.17) is 5.84 Å². The van der Waals surface area contributed by atoms with Crippen LogP contribution in [0, 0.1) is 11.6 Å². The summed E-state index contributed by atoms with van der Waals surface area (Å²) in [4.78, 5) is 0.